The molecule has 0 amide bonds. The molecule has 2 fully saturated rings. The SMILES string of the molecule is O=[N+]([O-])c1ccc(-c2noc(CN3CCO[C@H]4CCCC[C@@H]43)n2)cc1. The van der Waals surface area contributed by atoms with Gasteiger partial charge in [-0.15, -0.1) is 0 Å². The third-order valence-electron chi connectivity index (χ3n) is 4.99. The van der Waals surface area contributed by atoms with Crippen molar-refractivity contribution in [1.82, 2.24) is 15.0 Å². The van der Waals surface area contributed by atoms with Gasteiger partial charge in [0, 0.05) is 30.3 Å². The van der Waals surface area contributed by atoms with Gasteiger partial charge in [0.25, 0.3) is 5.69 Å². The second-order valence-corrected chi connectivity index (χ2v) is 6.55. The number of aromatic nitrogens is 2. The van der Waals surface area contributed by atoms with E-state index in [4.69, 9.17) is 9.26 Å². The van der Waals surface area contributed by atoms with Crippen molar-refractivity contribution in [2.45, 2.75) is 44.4 Å². The molecule has 2 aromatic rings. The molecule has 2 aliphatic rings. The maximum atomic E-state index is 10.7. The minimum atomic E-state index is -0.426. The first kappa shape index (κ1) is 16.2. The van der Waals surface area contributed by atoms with Crippen LogP contribution in [0, 0.1) is 10.1 Å². The minimum Gasteiger partial charge on any atom is -0.375 e. The van der Waals surface area contributed by atoms with Gasteiger partial charge in [0.05, 0.1) is 24.2 Å². The van der Waals surface area contributed by atoms with Crippen molar-refractivity contribution < 1.29 is 14.2 Å². The average Bonchev–Trinajstić information content (AvgIpc) is 3.11. The Bertz CT molecular complexity index is 743. The van der Waals surface area contributed by atoms with E-state index >= 15 is 0 Å². The molecule has 0 spiro atoms. The molecule has 1 aromatic heterocycles. The van der Waals surface area contributed by atoms with Crippen LogP contribution in [-0.2, 0) is 11.3 Å². The Kier molecular flexibility index (Phi) is 4.46. The van der Waals surface area contributed by atoms with Crippen LogP contribution in [0.15, 0.2) is 28.8 Å². The number of ether oxygens (including phenoxy) is 1. The van der Waals surface area contributed by atoms with Crippen LogP contribution in [0.2, 0.25) is 0 Å². The minimum absolute atomic E-state index is 0.0455. The van der Waals surface area contributed by atoms with Crippen LogP contribution in [-0.4, -0.2) is 45.3 Å². The van der Waals surface area contributed by atoms with Gasteiger partial charge in [-0.25, -0.2) is 0 Å². The van der Waals surface area contributed by atoms with Crippen molar-refractivity contribution >= 4 is 5.69 Å². The topological polar surface area (TPSA) is 94.5 Å². The Morgan fingerprint density at radius 2 is 2.04 bits per heavy atom. The van der Waals surface area contributed by atoms with Gasteiger partial charge in [0.1, 0.15) is 0 Å². The second-order valence-electron chi connectivity index (χ2n) is 6.55. The summed E-state index contributed by atoms with van der Waals surface area (Å²) in [6.45, 7) is 2.23. The van der Waals surface area contributed by atoms with Gasteiger partial charge >= 0.3 is 0 Å². The van der Waals surface area contributed by atoms with E-state index in [0.717, 1.165) is 26.0 Å². The smallest absolute Gasteiger partial charge is 0.269 e. The number of morpholine rings is 1. The molecule has 4 rings (SSSR count). The number of nitrogens with zero attached hydrogens (tertiary/aromatic N) is 4. The molecule has 0 bridgehead atoms. The highest BCUT2D eigenvalue weighted by molar-refractivity contribution is 5.56. The fourth-order valence-corrected chi connectivity index (χ4v) is 3.72. The van der Waals surface area contributed by atoms with E-state index in [0.29, 0.717) is 36.0 Å². The van der Waals surface area contributed by atoms with Crippen LogP contribution in [0.5, 0.6) is 0 Å². The van der Waals surface area contributed by atoms with E-state index in [2.05, 4.69) is 15.0 Å². The number of non-ortho nitro benzene ring substituents is 1. The van der Waals surface area contributed by atoms with Crippen LogP contribution in [0.25, 0.3) is 11.4 Å². The zero-order valence-electron chi connectivity index (χ0n) is 13.8. The Balaban J connectivity index is 1.46. The van der Waals surface area contributed by atoms with E-state index in [9.17, 15) is 10.1 Å². The monoisotopic (exact) mass is 344 g/mol. The Labute approximate surface area is 144 Å². The number of fused-ring (bicyclic) bond motifs is 1. The van der Waals surface area contributed by atoms with Crippen molar-refractivity contribution in [3.8, 4) is 11.4 Å². The lowest BCUT2D eigenvalue weighted by Crippen LogP contribution is -2.52. The third-order valence-corrected chi connectivity index (χ3v) is 4.99. The molecule has 8 heteroatoms. The van der Waals surface area contributed by atoms with Gasteiger partial charge in [-0.05, 0) is 25.0 Å². The van der Waals surface area contributed by atoms with Gasteiger partial charge in [0.2, 0.25) is 11.7 Å². The highest BCUT2D eigenvalue weighted by atomic mass is 16.6. The number of nitro groups is 1. The Morgan fingerprint density at radius 1 is 1.24 bits per heavy atom. The predicted octanol–water partition coefficient (Wildman–Crippen LogP) is 2.79. The fourth-order valence-electron chi connectivity index (χ4n) is 3.72. The van der Waals surface area contributed by atoms with Crippen LogP contribution in [0.3, 0.4) is 0 Å². The summed E-state index contributed by atoms with van der Waals surface area (Å²) >= 11 is 0. The summed E-state index contributed by atoms with van der Waals surface area (Å²) in [5.41, 5.74) is 0.752. The van der Waals surface area contributed by atoms with Crippen molar-refractivity contribution in [1.29, 1.82) is 0 Å². The number of rotatable bonds is 4. The van der Waals surface area contributed by atoms with Crippen LogP contribution < -0.4 is 0 Å². The molecule has 2 atom stereocenters. The zero-order valence-corrected chi connectivity index (χ0v) is 13.8. The molecule has 25 heavy (non-hydrogen) atoms. The Hall–Kier alpha value is -2.32. The molecule has 1 aliphatic carbocycles. The van der Waals surface area contributed by atoms with Crippen molar-refractivity contribution in [3.05, 3.63) is 40.3 Å². The molecular weight excluding hydrogens is 324 g/mol. The summed E-state index contributed by atoms with van der Waals surface area (Å²) in [6.07, 6.45) is 5.06. The van der Waals surface area contributed by atoms with Gasteiger partial charge in [-0.1, -0.05) is 18.0 Å². The molecule has 8 nitrogen and oxygen atoms in total. The zero-order chi connectivity index (χ0) is 17.2. The first-order chi connectivity index (χ1) is 12.2. The number of nitro benzene ring substituents is 1. The third kappa shape index (κ3) is 3.40. The first-order valence-corrected chi connectivity index (χ1v) is 8.64. The molecule has 132 valence electrons. The largest absolute Gasteiger partial charge is 0.375 e. The number of hydrogen-bond donors (Lipinski definition) is 0. The normalized spacial score (nSPS) is 24.0. The summed E-state index contributed by atoms with van der Waals surface area (Å²) < 4.78 is 11.3. The first-order valence-electron chi connectivity index (χ1n) is 8.64. The summed E-state index contributed by atoms with van der Waals surface area (Å²) in [6, 6.07) is 6.59. The van der Waals surface area contributed by atoms with E-state index in [-0.39, 0.29) is 5.69 Å². The summed E-state index contributed by atoms with van der Waals surface area (Å²) in [4.78, 5) is 17.1. The molecule has 0 radical (unpaired) electrons. The maximum Gasteiger partial charge on any atom is 0.269 e. The lowest BCUT2D eigenvalue weighted by Gasteiger charge is -2.43. The fraction of sp³-hybridized carbons (Fsp3) is 0.529. The highest BCUT2D eigenvalue weighted by Crippen LogP contribution is 2.29. The quantitative estimate of drug-likeness (QED) is 0.621. The van der Waals surface area contributed by atoms with Gasteiger partial charge in [-0.2, -0.15) is 4.98 Å². The Morgan fingerprint density at radius 3 is 2.84 bits per heavy atom. The summed E-state index contributed by atoms with van der Waals surface area (Å²) in [7, 11) is 0. The van der Waals surface area contributed by atoms with E-state index in [1.54, 1.807) is 12.1 Å². The highest BCUT2D eigenvalue weighted by Gasteiger charge is 2.34. The summed E-state index contributed by atoms with van der Waals surface area (Å²) in [5, 5.41) is 14.7. The average molecular weight is 344 g/mol. The van der Waals surface area contributed by atoms with Crippen molar-refractivity contribution in [3.63, 3.8) is 0 Å². The molecule has 1 aromatic carbocycles. The molecule has 1 saturated heterocycles. The number of benzene rings is 1. The van der Waals surface area contributed by atoms with Crippen molar-refractivity contribution in [2.75, 3.05) is 13.2 Å². The molecule has 2 heterocycles. The molecule has 0 unspecified atom stereocenters. The number of hydrogen-bond acceptors (Lipinski definition) is 7. The van der Waals surface area contributed by atoms with E-state index < -0.39 is 4.92 Å². The van der Waals surface area contributed by atoms with Gasteiger partial charge in [-0.3, -0.25) is 15.0 Å². The molecule has 0 N–H and O–H groups in total. The molecular formula is C17H20N4O4. The summed E-state index contributed by atoms with van der Waals surface area (Å²) in [5.74, 6) is 1.03. The molecule has 1 saturated carbocycles. The maximum absolute atomic E-state index is 10.7. The van der Waals surface area contributed by atoms with Gasteiger partial charge < -0.3 is 9.26 Å². The van der Waals surface area contributed by atoms with E-state index in [1.807, 2.05) is 0 Å². The molecule has 1 aliphatic heterocycles. The predicted molar refractivity (Wildman–Crippen MR) is 88.8 cm³/mol. The van der Waals surface area contributed by atoms with Crippen LogP contribution >= 0.6 is 0 Å². The van der Waals surface area contributed by atoms with Crippen molar-refractivity contribution in [2.24, 2.45) is 0 Å². The van der Waals surface area contributed by atoms with Crippen LogP contribution in [0.1, 0.15) is 31.6 Å². The second kappa shape index (κ2) is 6.89. The van der Waals surface area contributed by atoms with Gasteiger partial charge in [0.15, 0.2) is 0 Å². The van der Waals surface area contributed by atoms with Crippen LogP contribution in [0.4, 0.5) is 5.69 Å². The standard InChI is InChI=1S/C17H20N4O4/c22-21(23)13-7-5-12(6-8-13)17-18-16(25-19-17)11-20-9-10-24-15-4-2-1-3-14(15)20/h5-8,14-15H,1-4,9-11H2/t14-,15-/m0/s1. The lowest BCUT2D eigenvalue weighted by atomic mass is 9.90. The lowest BCUT2D eigenvalue weighted by molar-refractivity contribution is -0.384. The van der Waals surface area contributed by atoms with E-state index in [1.165, 1.54) is 25.0 Å².